The molecule has 0 aliphatic rings. The first kappa shape index (κ1) is 13.1. The molecule has 0 fully saturated rings. The van der Waals surface area contributed by atoms with Crippen molar-refractivity contribution in [3.63, 3.8) is 0 Å². The predicted octanol–water partition coefficient (Wildman–Crippen LogP) is 3.16. The SMILES string of the molecule is C[C@H](N)c1ccccc1OCc1cccc(C#N)c1. The lowest BCUT2D eigenvalue weighted by atomic mass is 10.1. The Morgan fingerprint density at radius 1 is 1.21 bits per heavy atom. The number of benzene rings is 2. The minimum absolute atomic E-state index is 0.0679. The molecule has 0 radical (unpaired) electrons. The van der Waals surface area contributed by atoms with Crippen molar-refractivity contribution in [3.05, 3.63) is 65.2 Å². The summed E-state index contributed by atoms with van der Waals surface area (Å²) in [6.07, 6.45) is 0. The Morgan fingerprint density at radius 3 is 2.74 bits per heavy atom. The van der Waals surface area contributed by atoms with Crippen LogP contribution in [-0.4, -0.2) is 0 Å². The van der Waals surface area contributed by atoms with Gasteiger partial charge in [-0.3, -0.25) is 0 Å². The molecule has 3 nitrogen and oxygen atoms in total. The Labute approximate surface area is 113 Å². The number of nitrogens with zero attached hydrogens (tertiary/aromatic N) is 1. The predicted molar refractivity (Wildman–Crippen MR) is 74.5 cm³/mol. The number of ether oxygens (including phenoxy) is 1. The number of hydrogen-bond donors (Lipinski definition) is 1. The van der Waals surface area contributed by atoms with Crippen molar-refractivity contribution in [2.75, 3.05) is 0 Å². The zero-order valence-corrected chi connectivity index (χ0v) is 10.8. The van der Waals surface area contributed by atoms with Crippen LogP contribution in [0.2, 0.25) is 0 Å². The molecule has 0 saturated heterocycles. The molecular weight excluding hydrogens is 236 g/mol. The molecule has 0 bridgehead atoms. The van der Waals surface area contributed by atoms with E-state index in [1.54, 1.807) is 6.07 Å². The number of rotatable bonds is 4. The van der Waals surface area contributed by atoms with Crippen molar-refractivity contribution in [2.24, 2.45) is 5.73 Å². The third-order valence-electron chi connectivity index (χ3n) is 2.86. The van der Waals surface area contributed by atoms with E-state index in [0.717, 1.165) is 16.9 Å². The summed E-state index contributed by atoms with van der Waals surface area (Å²) in [5.41, 5.74) is 8.50. The lowest BCUT2D eigenvalue weighted by molar-refractivity contribution is 0.301. The van der Waals surface area contributed by atoms with Gasteiger partial charge in [0.1, 0.15) is 12.4 Å². The van der Waals surface area contributed by atoms with E-state index in [9.17, 15) is 0 Å². The molecule has 0 spiro atoms. The van der Waals surface area contributed by atoms with Crippen molar-refractivity contribution in [1.82, 2.24) is 0 Å². The Bertz CT molecular complexity index is 600. The van der Waals surface area contributed by atoms with Gasteiger partial charge in [0.15, 0.2) is 0 Å². The van der Waals surface area contributed by atoms with Gasteiger partial charge in [0.25, 0.3) is 0 Å². The molecular formula is C16H16N2O. The van der Waals surface area contributed by atoms with E-state index in [2.05, 4.69) is 6.07 Å². The monoisotopic (exact) mass is 252 g/mol. The molecule has 2 N–H and O–H groups in total. The molecule has 0 unspecified atom stereocenters. The molecule has 0 aliphatic heterocycles. The van der Waals surface area contributed by atoms with Gasteiger partial charge < -0.3 is 10.5 Å². The molecule has 2 aromatic rings. The van der Waals surface area contributed by atoms with Crippen LogP contribution in [0.3, 0.4) is 0 Å². The molecule has 2 rings (SSSR count). The fourth-order valence-corrected chi connectivity index (χ4v) is 1.88. The fraction of sp³-hybridized carbons (Fsp3) is 0.188. The summed E-state index contributed by atoms with van der Waals surface area (Å²) in [6.45, 7) is 2.36. The molecule has 0 saturated carbocycles. The number of hydrogen-bond acceptors (Lipinski definition) is 3. The second-order valence-electron chi connectivity index (χ2n) is 4.43. The number of para-hydroxylation sites is 1. The number of nitriles is 1. The van der Waals surface area contributed by atoms with Gasteiger partial charge >= 0.3 is 0 Å². The van der Waals surface area contributed by atoms with E-state index in [1.807, 2.05) is 49.4 Å². The summed E-state index contributed by atoms with van der Waals surface area (Å²) < 4.78 is 5.79. The Hall–Kier alpha value is -2.31. The van der Waals surface area contributed by atoms with E-state index in [1.165, 1.54) is 0 Å². The zero-order valence-electron chi connectivity index (χ0n) is 10.8. The Kier molecular flexibility index (Phi) is 4.17. The second kappa shape index (κ2) is 6.03. The molecule has 19 heavy (non-hydrogen) atoms. The van der Waals surface area contributed by atoms with Gasteiger partial charge in [0, 0.05) is 11.6 Å². The summed E-state index contributed by atoms with van der Waals surface area (Å²) >= 11 is 0. The first-order chi connectivity index (χ1) is 9.20. The molecule has 96 valence electrons. The Morgan fingerprint density at radius 2 is 2.00 bits per heavy atom. The molecule has 0 aromatic heterocycles. The lowest BCUT2D eigenvalue weighted by Crippen LogP contribution is -2.08. The maximum Gasteiger partial charge on any atom is 0.124 e. The quantitative estimate of drug-likeness (QED) is 0.909. The van der Waals surface area contributed by atoms with E-state index >= 15 is 0 Å². The van der Waals surface area contributed by atoms with Crippen LogP contribution >= 0.6 is 0 Å². The molecule has 3 heteroatoms. The minimum atomic E-state index is -0.0679. The van der Waals surface area contributed by atoms with E-state index in [0.29, 0.717) is 12.2 Å². The van der Waals surface area contributed by atoms with Crippen molar-refractivity contribution >= 4 is 0 Å². The summed E-state index contributed by atoms with van der Waals surface area (Å²) in [7, 11) is 0. The van der Waals surface area contributed by atoms with Gasteiger partial charge in [0.05, 0.1) is 11.6 Å². The summed E-state index contributed by atoms with van der Waals surface area (Å²) in [5, 5.41) is 8.86. The third kappa shape index (κ3) is 3.34. The van der Waals surface area contributed by atoms with Crippen molar-refractivity contribution < 1.29 is 4.74 Å². The van der Waals surface area contributed by atoms with E-state index < -0.39 is 0 Å². The fourth-order valence-electron chi connectivity index (χ4n) is 1.88. The summed E-state index contributed by atoms with van der Waals surface area (Å²) in [4.78, 5) is 0. The molecule has 0 heterocycles. The van der Waals surface area contributed by atoms with Crippen LogP contribution in [0.25, 0.3) is 0 Å². The first-order valence-corrected chi connectivity index (χ1v) is 6.17. The second-order valence-corrected chi connectivity index (χ2v) is 4.43. The summed E-state index contributed by atoms with van der Waals surface area (Å²) in [5.74, 6) is 0.792. The molecule has 0 aliphatic carbocycles. The van der Waals surface area contributed by atoms with Crippen molar-refractivity contribution in [2.45, 2.75) is 19.6 Å². The largest absolute Gasteiger partial charge is 0.489 e. The topological polar surface area (TPSA) is 59.0 Å². The lowest BCUT2D eigenvalue weighted by Gasteiger charge is -2.13. The normalized spacial score (nSPS) is 11.6. The highest BCUT2D eigenvalue weighted by atomic mass is 16.5. The van der Waals surface area contributed by atoms with E-state index in [-0.39, 0.29) is 6.04 Å². The van der Waals surface area contributed by atoms with Crippen molar-refractivity contribution in [1.29, 1.82) is 5.26 Å². The van der Waals surface area contributed by atoms with Crippen LogP contribution in [-0.2, 0) is 6.61 Å². The third-order valence-corrected chi connectivity index (χ3v) is 2.86. The van der Waals surface area contributed by atoms with Gasteiger partial charge in [-0.2, -0.15) is 5.26 Å². The molecule has 0 amide bonds. The highest BCUT2D eigenvalue weighted by Crippen LogP contribution is 2.24. The van der Waals surface area contributed by atoms with Gasteiger partial charge in [-0.05, 0) is 30.7 Å². The van der Waals surface area contributed by atoms with Crippen LogP contribution in [0.15, 0.2) is 48.5 Å². The van der Waals surface area contributed by atoms with Crippen LogP contribution in [0, 0.1) is 11.3 Å². The molecule has 1 atom stereocenters. The maximum atomic E-state index is 8.86. The van der Waals surface area contributed by atoms with Crippen molar-refractivity contribution in [3.8, 4) is 11.8 Å². The zero-order chi connectivity index (χ0) is 13.7. The van der Waals surface area contributed by atoms with Gasteiger partial charge in [-0.1, -0.05) is 30.3 Å². The van der Waals surface area contributed by atoms with Crippen LogP contribution in [0.5, 0.6) is 5.75 Å². The maximum absolute atomic E-state index is 8.86. The van der Waals surface area contributed by atoms with E-state index in [4.69, 9.17) is 15.7 Å². The minimum Gasteiger partial charge on any atom is -0.489 e. The average molecular weight is 252 g/mol. The highest BCUT2D eigenvalue weighted by molar-refractivity contribution is 5.36. The number of nitrogens with two attached hydrogens (primary N) is 1. The standard InChI is InChI=1S/C16H16N2O/c1-12(18)15-7-2-3-8-16(15)19-11-14-6-4-5-13(9-14)10-17/h2-9,12H,11,18H2,1H3/t12-/m0/s1. The first-order valence-electron chi connectivity index (χ1n) is 6.17. The molecule has 2 aromatic carbocycles. The Balaban J connectivity index is 2.12. The van der Waals surface area contributed by atoms with Crippen LogP contribution < -0.4 is 10.5 Å². The van der Waals surface area contributed by atoms with Gasteiger partial charge in [-0.15, -0.1) is 0 Å². The van der Waals surface area contributed by atoms with Gasteiger partial charge in [-0.25, -0.2) is 0 Å². The van der Waals surface area contributed by atoms with Gasteiger partial charge in [0.2, 0.25) is 0 Å². The summed E-state index contributed by atoms with van der Waals surface area (Å²) in [6, 6.07) is 17.2. The smallest absolute Gasteiger partial charge is 0.124 e. The average Bonchev–Trinajstić information content (AvgIpc) is 2.45. The highest BCUT2D eigenvalue weighted by Gasteiger charge is 2.07. The van der Waals surface area contributed by atoms with Crippen LogP contribution in [0.1, 0.15) is 29.7 Å². The van der Waals surface area contributed by atoms with Crippen LogP contribution in [0.4, 0.5) is 0 Å².